The van der Waals surface area contributed by atoms with Gasteiger partial charge in [-0.1, -0.05) is 0 Å². The minimum atomic E-state index is -0.363. The Labute approximate surface area is 95.0 Å². The Bertz CT molecular complexity index is 379. The molecule has 0 saturated heterocycles. The van der Waals surface area contributed by atoms with Crippen LogP contribution in [0.4, 0.5) is 11.4 Å². The maximum atomic E-state index is 10.9. The number of nitrogens with two attached hydrogens (primary N) is 2. The van der Waals surface area contributed by atoms with Crippen LogP contribution >= 0.6 is 0 Å². The third-order valence-corrected chi connectivity index (χ3v) is 2.31. The summed E-state index contributed by atoms with van der Waals surface area (Å²) in [6.07, 6.45) is 0. The van der Waals surface area contributed by atoms with Crippen molar-refractivity contribution in [2.24, 2.45) is 5.73 Å². The maximum Gasteiger partial charge on any atom is 0.236 e. The molecule has 0 radical (unpaired) electrons. The summed E-state index contributed by atoms with van der Waals surface area (Å²) < 4.78 is 5.12. The molecule has 5 heteroatoms. The van der Waals surface area contributed by atoms with Crippen molar-refractivity contribution < 1.29 is 9.53 Å². The molecule has 0 aromatic heterocycles. The van der Waals surface area contributed by atoms with Gasteiger partial charge in [0.25, 0.3) is 0 Å². The SMILES string of the molecule is CCN(CC(N)=O)c1ccc(N)c(OC)c1. The number of rotatable bonds is 5. The molecule has 0 aliphatic carbocycles. The van der Waals surface area contributed by atoms with E-state index in [1.807, 2.05) is 17.9 Å². The van der Waals surface area contributed by atoms with Crippen molar-refractivity contribution in [3.05, 3.63) is 18.2 Å². The van der Waals surface area contributed by atoms with E-state index in [0.29, 0.717) is 18.0 Å². The van der Waals surface area contributed by atoms with Gasteiger partial charge >= 0.3 is 0 Å². The molecule has 0 aliphatic rings. The molecular weight excluding hydrogens is 206 g/mol. The van der Waals surface area contributed by atoms with E-state index < -0.39 is 0 Å². The Hall–Kier alpha value is -1.91. The van der Waals surface area contributed by atoms with Crippen molar-refractivity contribution in [3.63, 3.8) is 0 Å². The van der Waals surface area contributed by atoms with Crippen LogP contribution in [0, 0.1) is 0 Å². The lowest BCUT2D eigenvalue weighted by Crippen LogP contribution is -2.33. The summed E-state index contributed by atoms with van der Waals surface area (Å²) in [5.41, 5.74) is 12.3. The Morgan fingerprint density at radius 3 is 2.69 bits per heavy atom. The lowest BCUT2D eigenvalue weighted by molar-refractivity contribution is -0.116. The van der Waals surface area contributed by atoms with E-state index in [2.05, 4.69) is 0 Å². The zero-order valence-corrected chi connectivity index (χ0v) is 9.56. The third-order valence-electron chi connectivity index (χ3n) is 2.31. The van der Waals surface area contributed by atoms with Crippen molar-refractivity contribution in [1.82, 2.24) is 0 Å². The van der Waals surface area contributed by atoms with Crippen molar-refractivity contribution in [3.8, 4) is 5.75 Å². The maximum absolute atomic E-state index is 10.9. The molecule has 1 aromatic carbocycles. The van der Waals surface area contributed by atoms with Gasteiger partial charge in [0.15, 0.2) is 0 Å². The minimum absolute atomic E-state index is 0.184. The van der Waals surface area contributed by atoms with E-state index in [1.54, 1.807) is 19.2 Å². The van der Waals surface area contributed by atoms with E-state index in [0.717, 1.165) is 5.69 Å². The van der Waals surface area contributed by atoms with Crippen LogP contribution in [0.25, 0.3) is 0 Å². The Balaban J connectivity index is 2.96. The number of nitrogen functional groups attached to an aromatic ring is 1. The van der Waals surface area contributed by atoms with Gasteiger partial charge in [-0.2, -0.15) is 0 Å². The molecule has 88 valence electrons. The number of amides is 1. The second-order valence-corrected chi connectivity index (χ2v) is 3.41. The van der Waals surface area contributed by atoms with E-state index >= 15 is 0 Å². The number of anilines is 2. The molecule has 16 heavy (non-hydrogen) atoms. The molecule has 0 saturated carbocycles. The van der Waals surface area contributed by atoms with Gasteiger partial charge in [-0.15, -0.1) is 0 Å². The van der Waals surface area contributed by atoms with Crippen LogP contribution in [0.2, 0.25) is 0 Å². The fraction of sp³-hybridized carbons (Fsp3) is 0.364. The molecule has 5 nitrogen and oxygen atoms in total. The summed E-state index contributed by atoms with van der Waals surface area (Å²) in [6, 6.07) is 5.38. The quantitative estimate of drug-likeness (QED) is 0.716. The predicted octanol–water partition coefficient (Wildman–Crippen LogP) is 0.589. The Morgan fingerprint density at radius 2 is 2.19 bits per heavy atom. The number of nitrogens with zero attached hydrogens (tertiary/aromatic N) is 1. The summed E-state index contributed by atoms with van der Waals surface area (Å²) >= 11 is 0. The van der Waals surface area contributed by atoms with Crippen LogP contribution in [0.3, 0.4) is 0 Å². The second-order valence-electron chi connectivity index (χ2n) is 3.41. The summed E-state index contributed by atoms with van der Waals surface area (Å²) in [5, 5.41) is 0. The zero-order chi connectivity index (χ0) is 12.1. The molecule has 1 aromatic rings. The average Bonchev–Trinajstić information content (AvgIpc) is 2.26. The van der Waals surface area contributed by atoms with Gasteiger partial charge < -0.3 is 21.1 Å². The highest BCUT2D eigenvalue weighted by molar-refractivity contribution is 5.80. The molecule has 0 fully saturated rings. The molecular formula is C11H17N3O2. The predicted molar refractivity (Wildman–Crippen MR) is 64.5 cm³/mol. The highest BCUT2D eigenvalue weighted by atomic mass is 16.5. The van der Waals surface area contributed by atoms with Gasteiger partial charge in [-0.25, -0.2) is 0 Å². The number of carbonyl (C=O) groups is 1. The average molecular weight is 223 g/mol. The number of ether oxygens (including phenoxy) is 1. The number of hydrogen-bond acceptors (Lipinski definition) is 4. The largest absolute Gasteiger partial charge is 0.495 e. The van der Waals surface area contributed by atoms with Gasteiger partial charge in [0.2, 0.25) is 5.91 Å². The van der Waals surface area contributed by atoms with Crippen LogP contribution in [0.5, 0.6) is 5.75 Å². The van der Waals surface area contributed by atoms with Crippen molar-refractivity contribution >= 4 is 17.3 Å². The first-order valence-corrected chi connectivity index (χ1v) is 5.05. The molecule has 1 amide bonds. The first kappa shape index (κ1) is 12.2. The van der Waals surface area contributed by atoms with E-state index in [9.17, 15) is 4.79 Å². The molecule has 0 atom stereocenters. The molecule has 0 unspecified atom stereocenters. The fourth-order valence-electron chi connectivity index (χ4n) is 1.47. The van der Waals surface area contributed by atoms with Gasteiger partial charge in [-0.3, -0.25) is 4.79 Å². The standard InChI is InChI=1S/C11H17N3O2/c1-3-14(7-11(13)15)8-4-5-9(12)10(6-8)16-2/h4-6H,3,7,12H2,1-2H3,(H2,13,15). The van der Waals surface area contributed by atoms with Crippen LogP contribution < -0.4 is 21.1 Å². The van der Waals surface area contributed by atoms with Gasteiger partial charge in [0, 0.05) is 18.3 Å². The molecule has 0 spiro atoms. The van der Waals surface area contributed by atoms with Crippen molar-refractivity contribution in [2.45, 2.75) is 6.92 Å². The van der Waals surface area contributed by atoms with E-state index in [-0.39, 0.29) is 12.5 Å². The number of hydrogen-bond donors (Lipinski definition) is 2. The Kier molecular flexibility index (Phi) is 3.99. The molecule has 0 heterocycles. The smallest absolute Gasteiger partial charge is 0.236 e. The number of primary amides is 1. The zero-order valence-electron chi connectivity index (χ0n) is 9.56. The first-order valence-electron chi connectivity index (χ1n) is 5.05. The highest BCUT2D eigenvalue weighted by Crippen LogP contribution is 2.27. The molecule has 4 N–H and O–H groups in total. The molecule has 0 aliphatic heterocycles. The van der Waals surface area contributed by atoms with Gasteiger partial charge in [0.05, 0.1) is 19.3 Å². The highest BCUT2D eigenvalue weighted by Gasteiger charge is 2.09. The van der Waals surface area contributed by atoms with Gasteiger partial charge in [-0.05, 0) is 19.1 Å². The second kappa shape index (κ2) is 5.25. The first-order chi connectivity index (χ1) is 7.58. The van der Waals surface area contributed by atoms with Crippen LogP contribution in [-0.2, 0) is 4.79 Å². The number of likely N-dealkylation sites (N-methyl/N-ethyl adjacent to an activating group) is 1. The number of carbonyl (C=O) groups excluding carboxylic acids is 1. The van der Waals surface area contributed by atoms with Crippen LogP contribution in [0.15, 0.2) is 18.2 Å². The van der Waals surface area contributed by atoms with E-state index in [1.165, 1.54) is 0 Å². The Morgan fingerprint density at radius 1 is 1.50 bits per heavy atom. The van der Waals surface area contributed by atoms with Crippen molar-refractivity contribution in [2.75, 3.05) is 30.8 Å². The fourth-order valence-corrected chi connectivity index (χ4v) is 1.47. The third kappa shape index (κ3) is 2.79. The van der Waals surface area contributed by atoms with Gasteiger partial charge in [0.1, 0.15) is 5.75 Å². The minimum Gasteiger partial charge on any atom is -0.495 e. The molecule has 0 bridgehead atoms. The lowest BCUT2D eigenvalue weighted by atomic mass is 10.2. The summed E-state index contributed by atoms with van der Waals surface area (Å²) in [7, 11) is 1.56. The lowest BCUT2D eigenvalue weighted by Gasteiger charge is -2.22. The molecule has 1 rings (SSSR count). The number of methoxy groups -OCH3 is 1. The van der Waals surface area contributed by atoms with Crippen molar-refractivity contribution in [1.29, 1.82) is 0 Å². The normalized spacial score (nSPS) is 9.88. The topological polar surface area (TPSA) is 81.6 Å². The number of benzene rings is 1. The summed E-state index contributed by atoms with van der Waals surface area (Å²) in [4.78, 5) is 12.7. The van der Waals surface area contributed by atoms with Crippen LogP contribution in [-0.4, -0.2) is 26.1 Å². The summed E-state index contributed by atoms with van der Waals surface area (Å²) in [5.74, 6) is 0.234. The monoisotopic (exact) mass is 223 g/mol. The van der Waals surface area contributed by atoms with Crippen LogP contribution in [0.1, 0.15) is 6.92 Å². The van der Waals surface area contributed by atoms with E-state index in [4.69, 9.17) is 16.2 Å². The summed E-state index contributed by atoms with van der Waals surface area (Å²) in [6.45, 7) is 2.82.